The molecule has 0 saturated carbocycles. The number of carbonyl (C=O) groups excluding carboxylic acids is 3. The van der Waals surface area contributed by atoms with E-state index in [1.54, 1.807) is 26.1 Å². The molecular formula is C25H49N3O5. The van der Waals surface area contributed by atoms with E-state index in [-0.39, 0.29) is 48.0 Å². The highest BCUT2D eigenvalue weighted by Crippen LogP contribution is 2.24. The summed E-state index contributed by atoms with van der Waals surface area (Å²) in [5.41, 5.74) is -0.601. The first kappa shape index (κ1) is 31.3. The summed E-state index contributed by atoms with van der Waals surface area (Å²) in [6, 6.07) is -1.44. The number of carbonyl (C=O) groups is 3. The van der Waals surface area contributed by atoms with E-state index in [9.17, 15) is 14.4 Å². The van der Waals surface area contributed by atoms with E-state index in [1.807, 2.05) is 62.3 Å². The monoisotopic (exact) mass is 471 g/mol. The van der Waals surface area contributed by atoms with E-state index in [1.165, 1.54) is 0 Å². The molecule has 0 aromatic rings. The SMILES string of the molecule is CCC(C)C(C(CC(=O)OC(C)(C)C)OC)N(C)C(=O)C(NC(=O)C(NC)C(C)C)C(C)C. The average Bonchev–Trinajstić information content (AvgIpc) is 2.68. The van der Waals surface area contributed by atoms with Crippen LogP contribution in [0.15, 0.2) is 0 Å². The van der Waals surface area contributed by atoms with E-state index in [0.29, 0.717) is 0 Å². The maximum atomic E-state index is 13.6. The third-order valence-electron chi connectivity index (χ3n) is 5.98. The van der Waals surface area contributed by atoms with Gasteiger partial charge in [-0.2, -0.15) is 0 Å². The molecule has 0 radical (unpaired) electrons. The second-order valence-electron chi connectivity index (χ2n) is 10.6. The van der Waals surface area contributed by atoms with Crippen molar-refractivity contribution in [2.24, 2.45) is 17.8 Å². The summed E-state index contributed by atoms with van der Waals surface area (Å²) in [7, 11) is 5.01. The topological polar surface area (TPSA) is 97.0 Å². The molecule has 0 heterocycles. The molecule has 0 rings (SSSR count). The lowest BCUT2D eigenvalue weighted by Crippen LogP contribution is -2.59. The molecule has 0 spiro atoms. The van der Waals surface area contributed by atoms with Crippen LogP contribution in [0.3, 0.4) is 0 Å². The van der Waals surface area contributed by atoms with Crippen LogP contribution in [0.4, 0.5) is 0 Å². The first-order valence-electron chi connectivity index (χ1n) is 12.1. The Hall–Kier alpha value is -1.67. The molecule has 194 valence electrons. The normalized spacial score (nSPS) is 16.7. The Balaban J connectivity index is 5.83. The van der Waals surface area contributed by atoms with Gasteiger partial charge in [-0.3, -0.25) is 14.4 Å². The Morgan fingerprint density at radius 2 is 1.48 bits per heavy atom. The molecule has 0 aromatic carbocycles. The molecule has 0 aromatic heterocycles. The minimum atomic E-state index is -0.692. The second kappa shape index (κ2) is 13.9. The fraction of sp³-hybridized carbons (Fsp3) is 0.880. The Labute approximate surface area is 201 Å². The maximum Gasteiger partial charge on any atom is 0.309 e. The number of nitrogens with zero attached hydrogens (tertiary/aromatic N) is 1. The van der Waals surface area contributed by atoms with Gasteiger partial charge < -0.3 is 25.0 Å². The van der Waals surface area contributed by atoms with Gasteiger partial charge in [0.05, 0.1) is 24.6 Å². The minimum Gasteiger partial charge on any atom is -0.460 e. The van der Waals surface area contributed by atoms with Crippen LogP contribution in [0.2, 0.25) is 0 Å². The van der Waals surface area contributed by atoms with Crippen molar-refractivity contribution in [3.63, 3.8) is 0 Å². The third-order valence-corrected chi connectivity index (χ3v) is 5.98. The van der Waals surface area contributed by atoms with Crippen molar-refractivity contribution >= 4 is 17.8 Å². The van der Waals surface area contributed by atoms with Gasteiger partial charge in [-0.15, -0.1) is 0 Å². The lowest BCUT2D eigenvalue weighted by Gasteiger charge is -2.40. The summed E-state index contributed by atoms with van der Waals surface area (Å²) < 4.78 is 11.2. The third kappa shape index (κ3) is 10.0. The van der Waals surface area contributed by atoms with Crippen molar-refractivity contribution in [1.82, 2.24) is 15.5 Å². The number of amides is 2. The standard InChI is InChI=1S/C25H49N3O5/c1-13-17(6)22(18(32-12)14-19(29)33-25(7,8)9)28(11)24(31)21(16(4)5)27-23(30)20(26-10)15(2)3/h15-18,20-22,26H,13-14H2,1-12H3,(H,27,30). The molecule has 0 aliphatic heterocycles. The number of ether oxygens (including phenoxy) is 2. The lowest BCUT2D eigenvalue weighted by atomic mass is 9.90. The molecule has 0 aliphatic carbocycles. The number of esters is 1. The van der Waals surface area contributed by atoms with Gasteiger partial charge in [0.25, 0.3) is 0 Å². The predicted molar refractivity (Wildman–Crippen MR) is 132 cm³/mol. The van der Waals surface area contributed by atoms with Crippen molar-refractivity contribution < 1.29 is 23.9 Å². The van der Waals surface area contributed by atoms with Gasteiger partial charge in [-0.05, 0) is 45.6 Å². The number of hydrogen-bond acceptors (Lipinski definition) is 6. The lowest BCUT2D eigenvalue weighted by molar-refractivity contribution is -0.161. The maximum absolute atomic E-state index is 13.6. The summed E-state index contributed by atoms with van der Waals surface area (Å²) in [5.74, 6) is -0.742. The molecule has 5 atom stereocenters. The van der Waals surface area contributed by atoms with Crippen LogP contribution >= 0.6 is 0 Å². The van der Waals surface area contributed by atoms with Gasteiger partial charge >= 0.3 is 5.97 Å². The Morgan fingerprint density at radius 3 is 1.85 bits per heavy atom. The summed E-state index contributed by atoms with van der Waals surface area (Å²) in [6.07, 6.45) is 0.298. The molecule has 5 unspecified atom stereocenters. The van der Waals surface area contributed by atoms with E-state index < -0.39 is 23.8 Å². The number of hydrogen-bond donors (Lipinski definition) is 2. The molecule has 2 N–H and O–H groups in total. The molecule has 2 amide bonds. The largest absolute Gasteiger partial charge is 0.460 e. The summed E-state index contributed by atoms with van der Waals surface area (Å²) in [5, 5.41) is 5.97. The molecular weight excluding hydrogens is 422 g/mol. The van der Waals surface area contributed by atoms with Gasteiger partial charge in [0, 0.05) is 14.2 Å². The second-order valence-corrected chi connectivity index (χ2v) is 10.6. The smallest absolute Gasteiger partial charge is 0.309 e. The van der Waals surface area contributed by atoms with E-state index in [2.05, 4.69) is 10.6 Å². The van der Waals surface area contributed by atoms with Crippen molar-refractivity contribution in [2.45, 2.75) is 105 Å². The summed E-state index contributed by atoms with van der Waals surface area (Å²) in [4.78, 5) is 40.6. The first-order chi connectivity index (χ1) is 15.1. The molecule has 8 nitrogen and oxygen atoms in total. The zero-order chi connectivity index (χ0) is 26.1. The zero-order valence-corrected chi connectivity index (χ0v) is 22.9. The van der Waals surface area contributed by atoms with Crippen LogP contribution in [0.25, 0.3) is 0 Å². The number of methoxy groups -OCH3 is 1. The van der Waals surface area contributed by atoms with Gasteiger partial charge in [0.1, 0.15) is 11.6 Å². The van der Waals surface area contributed by atoms with Crippen molar-refractivity contribution in [3.05, 3.63) is 0 Å². The molecule has 33 heavy (non-hydrogen) atoms. The highest BCUT2D eigenvalue weighted by molar-refractivity contribution is 5.90. The van der Waals surface area contributed by atoms with E-state index in [4.69, 9.17) is 9.47 Å². The molecule has 0 aliphatic rings. The number of nitrogens with one attached hydrogen (secondary N) is 2. The molecule has 0 fully saturated rings. The van der Waals surface area contributed by atoms with Crippen molar-refractivity contribution in [1.29, 1.82) is 0 Å². The van der Waals surface area contributed by atoms with Crippen LogP contribution < -0.4 is 10.6 Å². The van der Waals surface area contributed by atoms with Crippen LogP contribution in [0.5, 0.6) is 0 Å². The zero-order valence-electron chi connectivity index (χ0n) is 22.9. The van der Waals surface area contributed by atoms with Gasteiger partial charge in [0.15, 0.2) is 0 Å². The van der Waals surface area contributed by atoms with Gasteiger partial charge in [-0.25, -0.2) is 0 Å². The van der Waals surface area contributed by atoms with Gasteiger partial charge in [0.2, 0.25) is 11.8 Å². The van der Waals surface area contributed by atoms with Crippen LogP contribution in [0.1, 0.15) is 75.2 Å². The Morgan fingerprint density at radius 1 is 0.970 bits per heavy atom. The summed E-state index contributed by atoms with van der Waals surface area (Å²) >= 11 is 0. The Bertz CT molecular complexity index is 630. The molecule has 0 saturated heterocycles. The van der Waals surface area contributed by atoms with Crippen LogP contribution in [0, 0.1) is 17.8 Å². The van der Waals surface area contributed by atoms with E-state index in [0.717, 1.165) is 6.42 Å². The molecule has 8 heteroatoms. The number of likely N-dealkylation sites (N-methyl/N-ethyl adjacent to an activating group) is 2. The predicted octanol–water partition coefficient (Wildman–Crippen LogP) is 2.99. The highest BCUT2D eigenvalue weighted by Gasteiger charge is 2.38. The minimum absolute atomic E-state index is 0.0360. The van der Waals surface area contributed by atoms with E-state index >= 15 is 0 Å². The quantitative estimate of drug-likeness (QED) is 0.401. The van der Waals surface area contributed by atoms with Crippen molar-refractivity contribution in [2.75, 3.05) is 21.2 Å². The fourth-order valence-corrected chi connectivity index (χ4v) is 4.02. The fourth-order valence-electron chi connectivity index (χ4n) is 4.02. The first-order valence-corrected chi connectivity index (χ1v) is 12.1. The average molecular weight is 472 g/mol. The van der Waals surface area contributed by atoms with Crippen molar-refractivity contribution in [3.8, 4) is 0 Å². The van der Waals surface area contributed by atoms with Crippen LogP contribution in [-0.4, -0.2) is 73.7 Å². The molecule has 0 bridgehead atoms. The van der Waals surface area contributed by atoms with Crippen LogP contribution in [-0.2, 0) is 23.9 Å². The number of rotatable bonds is 13. The highest BCUT2D eigenvalue weighted by atomic mass is 16.6. The summed E-state index contributed by atoms with van der Waals surface area (Å²) in [6.45, 7) is 17.3. The Kier molecular flexibility index (Phi) is 13.2. The van der Waals surface area contributed by atoms with Gasteiger partial charge in [-0.1, -0.05) is 48.0 Å².